The van der Waals surface area contributed by atoms with Gasteiger partial charge >= 0.3 is 0 Å². The summed E-state index contributed by atoms with van der Waals surface area (Å²) in [7, 11) is 0. The Labute approximate surface area is 205 Å². The van der Waals surface area contributed by atoms with Gasteiger partial charge in [-0.1, -0.05) is 35.9 Å². The Morgan fingerprint density at radius 1 is 1.11 bits per heavy atom. The molecule has 9 nitrogen and oxygen atoms in total. The molecule has 1 N–H and O–H groups in total. The van der Waals surface area contributed by atoms with Gasteiger partial charge in [-0.05, 0) is 54.4 Å². The topological polar surface area (TPSA) is 99.2 Å². The number of ether oxygens (including phenoxy) is 1. The zero-order chi connectivity index (χ0) is 23.9. The summed E-state index contributed by atoms with van der Waals surface area (Å²) in [4.78, 5) is 12.8. The van der Waals surface area contributed by atoms with E-state index < -0.39 is 0 Å². The zero-order valence-corrected chi connectivity index (χ0v) is 19.5. The molecule has 3 aromatic heterocycles. The fourth-order valence-electron chi connectivity index (χ4n) is 4.44. The van der Waals surface area contributed by atoms with Crippen molar-refractivity contribution in [2.45, 2.75) is 25.9 Å². The van der Waals surface area contributed by atoms with Crippen molar-refractivity contribution in [1.29, 1.82) is 0 Å². The lowest BCUT2D eigenvalue weighted by Crippen LogP contribution is -2.25. The standard InChI is InChI=1S/C25H20ClN7O2/c1-15-24-20(17-5-3-7-19(11-17)35-13-16-4-2-6-18(26)10-16)12-23(34)28-25(24)33(30-15)22-9-8-21-29-27-14-32(21)31-22/h2-11,14,20H,12-13H2,1H3,(H,28,34). The number of hydrogen-bond donors (Lipinski definition) is 1. The molecule has 0 radical (unpaired) electrons. The van der Waals surface area contributed by atoms with E-state index in [2.05, 4.69) is 20.6 Å². The predicted octanol–water partition coefficient (Wildman–Crippen LogP) is 4.32. The predicted molar refractivity (Wildman–Crippen MR) is 130 cm³/mol. The number of carbonyl (C=O) groups excluding carboxylic acids is 1. The number of aryl methyl sites for hydroxylation is 1. The first-order valence-electron chi connectivity index (χ1n) is 11.1. The average Bonchev–Trinajstić information content (AvgIpc) is 3.46. The van der Waals surface area contributed by atoms with Crippen molar-refractivity contribution < 1.29 is 9.53 Å². The molecule has 0 bridgehead atoms. The fourth-order valence-corrected chi connectivity index (χ4v) is 4.66. The second-order valence-electron chi connectivity index (χ2n) is 8.38. The molecule has 35 heavy (non-hydrogen) atoms. The van der Waals surface area contributed by atoms with Crippen LogP contribution in [-0.2, 0) is 11.4 Å². The van der Waals surface area contributed by atoms with Crippen molar-refractivity contribution >= 4 is 29.0 Å². The van der Waals surface area contributed by atoms with Crippen molar-refractivity contribution in [3.63, 3.8) is 0 Å². The molecule has 1 unspecified atom stereocenters. The molecule has 1 aliphatic rings. The summed E-state index contributed by atoms with van der Waals surface area (Å²) in [5.41, 5.74) is 4.37. The van der Waals surface area contributed by atoms with E-state index in [4.69, 9.17) is 21.4 Å². The zero-order valence-electron chi connectivity index (χ0n) is 18.7. The van der Waals surface area contributed by atoms with E-state index >= 15 is 0 Å². The third-order valence-corrected chi connectivity index (χ3v) is 6.26. The molecule has 5 aromatic rings. The van der Waals surface area contributed by atoms with Gasteiger partial charge in [-0.2, -0.15) is 14.3 Å². The number of rotatable bonds is 5. The van der Waals surface area contributed by atoms with E-state index in [-0.39, 0.29) is 11.8 Å². The maximum atomic E-state index is 12.8. The molecule has 0 fully saturated rings. The Hall–Kier alpha value is -4.24. The lowest BCUT2D eigenvalue weighted by Gasteiger charge is -2.24. The molecule has 174 valence electrons. The van der Waals surface area contributed by atoms with E-state index in [1.165, 1.54) is 6.33 Å². The highest BCUT2D eigenvalue weighted by Crippen LogP contribution is 2.40. The van der Waals surface area contributed by atoms with Crippen LogP contribution in [0.15, 0.2) is 67.0 Å². The minimum Gasteiger partial charge on any atom is -0.489 e. The summed E-state index contributed by atoms with van der Waals surface area (Å²) in [5, 5.41) is 20.8. The molecule has 0 saturated carbocycles. The summed E-state index contributed by atoms with van der Waals surface area (Å²) in [6, 6.07) is 19.0. The minimum atomic E-state index is -0.166. The highest BCUT2D eigenvalue weighted by atomic mass is 35.5. The normalized spacial score (nSPS) is 15.1. The van der Waals surface area contributed by atoms with Crippen LogP contribution >= 0.6 is 11.6 Å². The Morgan fingerprint density at radius 3 is 2.89 bits per heavy atom. The van der Waals surface area contributed by atoms with Crippen molar-refractivity contribution in [3.8, 4) is 11.6 Å². The summed E-state index contributed by atoms with van der Waals surface area (Å²) < 4.78 is 9.26. The van der Waals surface area contributed by atoms with Crippen molar-refractivity contribution in [2.24, 2.45) is 0 Å². The van der Waals surface area contributed by atoms with Gasteiger partial charge in [-0.15, -0.1) is 15.3 Å². The van der Waals surface area contributed by atoms with Gasteiger partial charge in [0.2, 0.25) is 5.91 Å². The van der Waals surface area contributed by atoms with E-state index in [9.17, 15) is 4.79 Å². The molecule has 4 heterocycles. The summed E-state index contributed by atoms with van der Waals surface area (Å²) >= 11 is 6.09. The molecule has 0 saturated heterocycles. The first kappa shape index (κ1) is 21.3. The van der Waals surface area contributed by atoms with Gasteiger partial charge in [-0.25, -0.2) is 0 Å². The number of halogens is 1. The molecule has 6 rings (SSSR count). The van der Waals surface area contributed by atoms with Gasteiger partial charge in [0.15, 0.2) is 11.5 Å². The average molecular weight is 486 g/mol. The smallest absolute Gasteiger partial charge is 0.226 e. The van der Waals surface area contributed by atoms with Crippen molar-refractivity contribution in [1.82, 2.24) is 29.6 Å². The highest BCUT2D eigenvalue weighted by molar-refractivity contribution is 6.30. The van der Waals surface area contributed by atoms with E-state index in [1.807, 2.05) is 61.5 Å². The lowest BCUT2D eigenvalue weighted by atomic mass is 9.86. The van der Waals surface area contributed by atoms with Crippen molar-refractivity contribution in [2.75, 3.05) is 5.32 Å². The van der Waals surface area contributed by atoms with Crippen LogP contribution in [0.3, 0.4) is 0 Å². The number of carbonyl (C=O) groups is 1. The number of nitrogens with zero attached hydrogens (tertiary/aromatic N) is 6. The number of amides is 1. The van der Waals surface area contributed by atoms with Crippen LogP contribution in [0, 0.1) is 6.92 Å². The van der Waals surface area contributed by atoms with Crippen LogP contribution in [-0.4, -0.2) is 35.5 Å². The van der Waals surface area contributed by atoms with Crippen LogP contribution in [0.5, 0.6) is 5.75 Å². The fraction of sp³-hybridized carbons (Fsp3) is 0.160. The first-order valence-corrected chi connectivity index (χ1v) is 11.5. The largest absolute Gasteiger partial charge is 0.489 e. The lowest BCUT2D eigenvalue weighted by molar-refractivity contribution is -0.116. The van der Waals surface area contributed by atoms with Gasteiger partial charge in [-0.3, -0.25) is 4.79 Å². The number of anilines is 1. The van der Waals surface area contributed by atoms with Gasteiger partial charge in [0.25, 0.3) is 0 Å². The molecule has 10 heteroatoms. The van der Waals surface area contributed by atoms with Gasteiger partial charge in [0.05, 0.1) is 5.69 Å². The van der Waals surface area contributed by atoms with Gasteiger partial charge in [0.1, 0.15) is 24.5 Å². The van der Waals surface area contributed by atoms with Crippen LogP contribution in [0.1, 0.15) is 34.7 Å². The Morgan fingerprint density at radius 2 is 2.00 bits per heavy atom. The third-order valence-electron chi connectivity index (χ3n) is 6.02. The van der Waals surface area contributed by atoms with Gasteiger partial charge in [0, 0.05) is 22.9 Å². The maximum absolute atomic E-state index is 12.8. The molecule has 1 amide bonds. The van der Waals surface area contributed by atoms with Crippen LogP contribution in [0.4, 0.5) is 5.82 Å². The highest BCUT2D eigenvalue weighted by Gasteiger charge is 2.33. The van der Waals surface area contributed by atoms with E-state index in [0.29, 0.717) is 35.3 Å². The molecule has 1 aliphatic heterocycles. The first-order chi connectivity index (χ1) is 17.0. The molecular weight excluding hydrogens is 466 g/mol. The summed E-state index contributed by atoms with van der Waals surface area (Å²) in [6.07, 6.45) is 1.84. The summed E-state index contributed by atoms with van der Waals surface area (Å²) in [5.74, 6) is 1.65. The van der Waals surface area contributed by atoms with Crippen LogP contribution in [0.25, 0.3) is 11.5 Å². The van der Waals surface area contributed by atoms with Crippen LogP contribution in [0.2, 0.25) is 5.02 Å². The molecule has 1 atom stereocenters. The SMILES string of the molecule is Cc1nn(-c2ccc3nncn3n2)c2c1C(c1cccc(OCc3cccc(Cl)c3)c1)CC(=O)N2. The summed E-state index contributed by atoms with van der Waals surface area (Å²) in [6.45, 7) is 2.34. The quantitative estimate of drug-likeness (QED) is 0.398. The number of hydrogen-bond acceptors (Lipinski definition) is 6. The Balaban J connectivity index is 1.34. The molecule has 0 spiro atoms. The monoisotopic (exact) mass is 485 g/mol. The minimum absolute atomic E-state index is 0.0840. The number of fused-ring (bicyclic) bond motifs is 2. The maximum Gasteiger partial charge on any atom is 0.226 e. The van der Waals surface area contributed by atoms with E-state index in [0.717, 1.165) is 28.1 Å². The number of nitrogens with one attached hydrogen (secondary N) is 1. The molecular formula is C25H20ClN7O2. The molecule has 0 aliphatic carbocycles. The van der Waals surface area contributed by atoms with Gasteiger partial charge < -0.3 is 10.1 Å². The Kier molecular flexibility index (Phi) is 5.18. The van der Waals surface area contributed by atoms with Crippen LogP contribution < -0.4 is 10.1 Å². The second-order valence-corrected chi connectivity index (χ2v) is 8.82. The third kappa shape index (κ3) is 4.00. The number of aromatic nitrogens is 6. The Bertz CT molecular complexity index is 1580. The second kappa shape index (κ2) is 8.52. The van der Waals surface area contributed by atoms with E-state index in [1.54, 1.807) is 15.3 Å². The molecule has 2 aromatic carbocycles. The number of benzene rings is 2. The van der Waals surface area contributed by atoms with Crippen molar-refractivity contribution in [3.05, 3.63) is 94.4 Å².